The third-order valence-electron chi connectivity index (χ3n) is 4.23. The number of benzene rings is 1. The molecule has 5 nitrogen and oxygen atoms in total. The van der Waals surface area contributed by atoms with Gasteiger partial charge >= 0.3 is 0 Å². The van der Waals surface area contributed by atoms with Crippen molar-refractivity contribution in [3.05, 3.63) is 57.9 Å². The average molecular weight is 323 g/mol. The average Bonchev–Trinajstić information content (AvgIpc) is 2.89. The van der Waals surface area contributed by atoms with Crippen LogP contribution in [-0.4, -0.2) is 28.0 Å². The number of aromatic nitrogens is 2. The standard InChI is InChI=1S/C19H21N3O2/c1-11-6-7-15(12(2)8-11)10-22(5)19(23)16-9-13(3)20-18-17(16)14(4)21-24-18/h6-9H,10H2,1-5H3. The van der Waals surface area contributed by atoms with Crippen molar-refractivity contribution in [2.45, 2.75) is 34.2 Å². The summed E-state index contributed by atoms with van der Waals surface area (Å²) in [7, 11) is 1.81. The largest absolute Gasteiger partial charge is 0.337 e. The monoisotopic (exact) mass is 323 g/mol. The minimum atomic E-state index is -0.0585. The van der Waals surface area contributed by atoms with Gasteiger partial charge in [-0.1, -0.05) is 28.9 Å². The molecule has 1 amide bonds. The minimum Gasteiger partial charge on any atom is -0.337 e. The first-order chi connectivity index (χ1) is 11.4. The van der Waals surface area contributed by atoms with E-state index >= 15 is 0 Å². The summed E-state index contributed by atoms with van der Waals surface area (Å²) in [5, 5.41) is 4.63. The van der Waals surface area contributed by atoms with E-state index in [0.717, 1.165) is 11.3 Å². The van der Waals surface area contributed by atoms with Gasteiger partial charge in [0.25, 0.3) is 11.6 Å². The maximum atomic E-state index is 13.0. The third-order valence-corrected chi connectivity index (χ3v) is 4.23. The fraction of sp³-hybridized carbons (Fsp3) is 0.316. The second kappa shape index (κ2) is 6.07. The number of aryl methyl sites for hydroxylation is 4. The number of hydrogen-bond acceptors (Lipinski definition) is 4. The molecule has 2 aromatic heterocycles. The Labute approximate surface area is 141 Å². The van der Waals surface area contributed by atoms with Gasteiger partial charge in [-0.2, -0.15) is 0 Å². The van der Waals surface area contributed by atoms with E-state index < -0.39 is 0 Å². The molecule has 0 saturated heterocycles. The highest BCUT2D eigenvalue weighted by Gasteiger charge is 2.21. The number of amides is 1. The Hall–Kier alpha value is -2.69. The molecule has 2 heterocycles. The molecule has 0 atom stereocenters. The maximum Gasteiger partial charge on any atom is 0.258 e. The fourth-order valence-corrected chi connectivity index (χ4v) is 2.94. The molecule has 0 radical (unpaired) electrons. The lowest BCUT2D eigenvalue weighted by Gasteiger charge is -2.19. The number of pyridine rings is 1. The zero-order valence-electron chi connectivity index (χ0n) is 14.7. The predicted octanol–water partition coefficient (Wildman–Crippen LogP) is 3.73. The third kappa shape index (κ3) is 2.89. The summed E-state index contributed by atoms with van der Waals surface area (Å²) >= 11 is 0. The summed E-state index contributed by atoms with van der Waals surface area (Å²) in [4.78, 5) is 19.0. The van der Waals surface area contributed by atoms with Gasteiger partial charge in [0, 0.05) is 19.3 Å². The first-order valence-corrected chi connectivity index (χ1v) is 7.92. The van der Waals surface area contributed by atoms with Gasteiger partial charge in [0.2, 0.25) is 0 Å². The Morgan fingerprint density at radius 3 is 2.62 bits per heavy atom. The lowest BCUT2D eigenvalue weighted by molar-refractivity contribution is 0.0786. The molecule has 0 aliphatic heterocycles. The first-order valence-electron chi connectivity index (χ1n) is 7.92. The van der Waals surface area contributed by atoms with E-state index in [1.54, 1.807) is 11.0 Å². The molecule has 0 saturated carbocycles. The van der Waals surface area contributed by atoms with Crippen LogP contribution in [0.3, 0.4) is 0 Å². The zero-order valence-corrected chi connectivity index (χ0v) is 14.7. The van der Waals surface area contributed by atoms with Crippen LogP contribution in [0.4, 0.5) is 0 Å². The maximum absolute atomic E-state index is 13.0. The zero-order chi connectivity index (χ0) is 17.4. The van der Waals surface area contributed by atoms with E-state index in [2.05, 4.69) is 42.2 Å². The number of carbonyl (C=O) groups excluding carboxylic acids is 1. The number of rotatable bonds is 3. The van der Waals surface area contributed by atoms with E-state index in [-0.39, 0.29) is 5.91 Å². The molecule has 124 valence electrons. The van der Waals surface area contributed by atoms with Crippen LogP contribution in [-0.2, 0) is 6.54 Å². The van der Waals surface area contributed by atoms with Gasteiger partial charge in [-0.3, -0.25) is 4.79 Å². The van der Waals surface area contributed by atoms with Gasteiger partial charge in [-0.05, 0) is 44.9 Å². The van der Waals surface area contributed by atoms with Crippen molar-refractivity contribution in [2.75, 3.05) is 7.05 Å². The van der Waals surface area contributed by atoms with E-state index in [9.17, 15) is 4.79 Å². The highest BCUT2D eigenvalue weighted by Crippen LogP contribution is 2.23. The fourth-order valence-electron chi connectivity index (χ4n) is 2.94. The smallest absolute Gasteiger partial charge is 0.258 e. The second-order valence-corrected chi connectivity index (χ2v) is 6.35. The quantitative estimate of drug-likeness (QED) is 0.737. The van der Waals surface area contributed by atoms with E-state index in [1.807, 2.05) is 20.9 Å². The van der Waals surface area contributed by atoms with Crippen molar-refractivity contribution in [1.29, 1.82) is 0 Å². The molecule has 1 aromatic carbocycles. The molecule has 0 spiro atoms. The van der Waals surface area contributed by atoms with Crippen molar-refractivity contribution in [3.63, 3.8) is 0 Å². The van der Waals surface area contributed by atoms with Crippen LogP contribution in [0.1, 0.15) is 38.4 Å². The molecule has 0 unspecified atom stereocenters. The summed E-state index contributed by atoms with van der Waals surface area (Å²) < 4.78 is 5.22. The minimum absolute atomic E-state index is 0.0585. The molecule has 0 aliphatic carbocycles. The topological polar surface area (TPSA) is 59.2 Å². The molecule has 0 aliphatic rings. The van der Waals surface area contributed by atoms with Crippen molar-refractivity contribution in [3.8, 4) is 0 Å². The number of carbonyl (C=O) groups is 1. The van der Waals surface area contributed by atoms with Crippen LogP contribution in [0.2, 0.25) is 0 Å². The molecular formula is C19H21N3O2. The number of hydrogen-bond donors (Lipinski definition) is 0. The second-order valence-electron chi connectivity index (χ2n) is 6.35. The Morgan fingerprint density at radius 1 is 1.17 bits per heavy atom. The van der Waals surface area contributed by atoms with E-state index in [4.69, 9.17) is 4.52 Å². The highest BCUT2D eigenvalue weighted by atomic mass is 16.5. The Bertz CT molecular complexity index is 928. The first kappa shape index (κ1) is 16.2. The predicted molar refractivity (Wildman–Crippen MR) is 93.0 cm³/mol. The summed E-state index contributed by atoms with van der Waals surface area (Å²) in [6.07, 6.45) is 0. The lowest BCUT2D eigenvalue weighted by atomic mass is 10.0. The number of nitrogens with zero attached hydrogens (tertiary/aromatic N) is 3. The SMILES string of the molecule is Cc1ccc(CN(C)C(=O)c2cc(C)nc3onc(C)c23)c(C)c1. The normalized spacial score (nSPS) is 11.0. The van der Waals surface area contributed by atoms with Gasteiger partial charge in [0.1, 0.15) is 0 Å². The van der Waals surface area contributed by atoms with Crippen LogP contribution in [0.25, 0.3) is 11.1 Å². The lowest BCUT2D eigenvalue weighted by Crippen LogP contribution is -2.27. The van der Waals surface area contributed by atoms with Crippen LogP contribution < -0.4 is 0 Å². The molecule has 0 N–H and O–H groups in total. The van der Waals surface area contributed by atoms with Crippen LogP contribution >= 0.6 is 0 Å². The van der Waals surface area contributed by atoms with Crippen LogP contribution in [0.15, 0.2) is 28.8 Å². The van der Waals surface area contributed by atoms with Crippen molar-refractivity contribution < 1.29 is 9.32 Å². The van der Waals surface area contributed by atoms with Gasteiger partial charge in [0.05, 0.1) is 16.6 Å². The van der Waals surface area contributed by atoms with Gasteiger partial charge < -0.3 is 9.42 Å². The van der Waals surface area contributed by atoms with Gasteiger partial charge in [-0.15, -0.1) is 0 Å². The summed E-state index contributed by atoms with van der Waals surface area (Å²) in [6.45, 7) is 8.36. The Balaban J connectivity index is 1.95. The van der Waals surface area contributed by atoms with Crippen molar-refractivity contribution in [1.82, 2.24) is 15.0 Å². The Kier molecular flexibility index (Phi) is 4.09. The Morgan fingerprint density at radius 2 is 1.92 bits per heavy atom. The molecule has 3 aromatic rings. The summed E-state index contributed by atoms with van der Waals surface area (Å²) in [5.41, 5.74) is 5.96. The highest BCUT2D eigenvalue weighted by molar-refractivity contribution is 6.05. The van der Waals surface area contributed by atoms with Crippen molar-refractivity contribution in [2.24, 2.45) is 0 Å². The molecule has 0 bridgehead atoms. The van der Waals surface area contributed by atoms with Crippen molar-refractivity contribution >= 4 is 17.0 Å². The van der Waals surface area contributed by atoms with E-state index in [0.29, 0.717) is 28.9 Å². The van der Waals surface area contributed by atoms with E-state index in [1.165, 1.54) is 11.1 Å². The molecular weight excluding hydrogens is 302 g/mol. The molecule has 3 rings (SSSR count). The molecule has 0 fully saturated rings. The van der Waals surface area contributed by atoms with Gasteiger partial charge in [0.15, 0.2) is 0 Å². The van der Waals surface area contributed by atoms with Gasteiger partial charge in [-0.25, -0.2) is 4.98 Å². The van der Waals surface area contributed by atoms with Crippen LogP contribution in [0.5, 0.6) is 0 Å². The van der Waals surface area contributed by atoms with Crippen LogP contribution in [0, 0.1) is 27.7 Å². The molecule has 24 heavy (non-hydrogen) atoms. The summed E-state index contributed by atoms with van der Waals surface area (Å²) in [5.74, 6) is -0.0585. The summed E-state index contributed by atoms with van der Waals surface area (Å²) in [6, 6.07) is 8.08. The number of fused-ring (bicyclic) bond motifs is 1. The molecule has 5 heteroatoms.